The number of rotatable bonds is 2. The summed E-state index contributed by atoms with van der Waals surface area (Å²) in [7, 11) is 0. The first-order chi connectivity index (χ1) is 6.15. The van der Waals surface area contributed by atoms with Crippen LogP contribution in [0, 0.1) is 11.6 Å². The van der Waals surface area contributed by atoms with Gasteiger partial charge in [0.05, 0.1) is 5.69 Å². The van der Waals surface area contributed by atoms with Crippen molar-refractivity contribution < 1.29 is 8.78 Å². The molecule has 0 saturated carbocycles. The molecule has 0 aliphatic carbocycles. The smallest absolute Gasteiger partial charge is 0.146 e. The van der Waals surface area contributed by atoms with Crippen molar-refractivity contribution in [2.24, 2.45) is 0 Å². The lowest BCUT2D eigenvalue weighted by Gasteiger charge is -2.00. The minimum atomic E-state index is -0.629. The Labute approximate surface area is 79.8 Å². The van der Waals surface area contributed by atoms with Gasteiger partial charge in [-0.1, -0.05) is 12.2 Å². The first-order valence-electron chi connectivity index (χ1n) is 3.62. The fourth-order valence-corrected chi connectivity index (χ4v) is 0.966. The first-order valence-corrected chi connectivity index (χ1v) is 4.15. The van der Waals surface area contributed by atoms with Gasteiger partial charge in [-0.15, -0.1) is 11.6 Å². The molecule has 0 unspecified atom stereocenters. The van der Waals surface area contributed by atoms with Crippen molar-refractivity contribution in [1.29, 1.82) is 0 Å². The molecule has 1 rings (SSSR count). The van der Waals surface area contributed by atoms with Gasteiger partial charge in [0.15, 0.2) is 0 Å². The summed E-state index contributed by atoms with van der Waals surface area (Å²) in [4.78, 5) is 0. The van der Waals surface area contributed by atoms with Crippen LogP contribution in [-0.4, -0.2) is 5.88 Å². The quantitative estimate of drug-likeness (QED) is 0.581. The Morgan fingerprint density at radius 3 is 2.62 bits per heavy atom. The summed E-state index contributed by atoms with van der Waals surface area (Å²) >= 11 is 5.35. The van der Waals surface area contributed by atoms with Crippen molar-refractivity contribution in [2.45, 2.75) is 0 Å². The molecule has 70 valence electrons. The van der Waals surface area contributed by atoms with E-state index < -0.39 is 11.6 Å². The molecule has 0 heterocycles. The predicted octanol–water partition coefficient (Wildman–Crippen LogP) is 2.80. The molecule has 0 fully saturated rings. The molecule has 1 aromatic carbocycles. The molecule has 0 aliphatic heterocycles. The van der Waals surface area contributed by atoms with E-state index in [1.807, 2.05) is 0 Å². The maximum absolute atomic E-state index is 13.0. The highest BCUT2D eigenvalue weighted by Gasteiger charge is 2.04. The SMILES string of the molecule is Nc1cc(F)c(C=CCCl)cc1F. The van der Waals surface area contributed by atoms with Crippen LogP contribution in [0.2, 0.25) is 0 Å². The van der Waals surface area contributed by atoms with Crippen LogP contribution in [0.25, 0.3) is 6.08 Å². The van der Waals surface area contributed by atoms with Gasteiger partial charge in [0, 0.05) is 17.5 Å². The summed E-state index contributed by atoms with van der Waals surface area (Å²) in [5, 5.41) is 0. The number of nitrogen functional groups attached to an aromatic ring is 1. The van der Waals surface area contributed by atoms with Crippen LogP contribution < -0.4 is 5.73 Å². The van der Waals surface area contributed by atoms with Crippen LogP contribution in [-0.2, 0) is 0 Å². The third-order valence-corrected chi connectivity index (χ3v) is 1.68. The molecule has 2 N–H and O–H groups in total. The van der Waals surface area contributed by atoms with Crippen LogP contribution in [0.4, 0.5) is 14.5 Å². The summed E-state index contributed by atoms with van der Waals surface area (Å²) in [6.07, 6.45) is 2.93. The molecular weight excluding hydrogens is 196 g/mol. The van der Waals surface area contributed by atoms with Gasteiger partial charge in [-0.05, 0) is 6.07 Å². The van der Waals surface area contributed by atoms with Gasteiger partial charge in [0.2, 0.25) is 0 Å². The largest absolute Gasteiger partial charge is 0.396 e. The minimum absolute atomic E-state index is 0.146. The summed E-state index contributed by atoms with van der Waals surface area (Å²) in [6.45, 7) is 0. The van der Waals surface area contributed by atoms with E-state index in [1.165, 1.54) is 12.2 Å². The zero-order valence-electron chi connectivity index (χ0n) is 6.73. The average molecular weight is 204 g/mol. The van der Waals surface area contributed by atoms with E-state index in [9.17, 15) is 8.78 Å². The highest BCUT2D eigenvalue weighted by molar-refractivity contribution is 6.19. The zero-order chi connectivity index (χ0) is 9.84. The van der Waals surface area contributed by atoms with Crippen LogP contribution in [0.3, 0.4) is 0 Å². The van der Waals surface area contributed by atoms with Crippen molar-refractivity contribution in [3.05, 3.63) is 35.4 Å². The molecule has 0 atom stereocenters. The number of halogens is 3. The number of anilines is 1. The Morgan fingerprint density at radius 1 is 1.31 bits per heavy atom. The molecule has 0 radical (unpaired) electrons. The highest BCUT2D eigenvalue weighted by atomic mass is 35.5. The summed E-state index contributed by atoms with van der Waals surface area (Å²) in [5.74, 6) is -0.929. The lowest BCUT2D eigenvalue weighted by Crippen LogP contribution is -1.93. The molecule has 1 aromatic rings. The summed E-state index contributed by atoms with van der Waals surface area (Å²) in [6, 6.07) is 1.98. The van der Waals surface area contributed by atoms with Gasteiger partial charge in [0.25, 0.3) is 0 Å². The molecule has 0 spiro atoms. The van der Waals surface area contributed by atoms with Gasteiger partial charge in [0.1, 0.15) is 11.6 Å². The predicted molar refractivity (Wildman–Crippen MR) is 50.5 cm³/mol. The second-order valence-corrected chi connectivity index (χ2v) is 2.76. The lowest BCUT2D eigenvalue weighted by atomic mass is 10.1. The van der Waals surface area contributed by atoms with Gasteiger partial charge in [-0.25, -0.2) is 8.78 Å². The number of allylic oxidation sites excluding steroid dienone is 1. The average Bonchev–Trinajstić information content (AvgIpc) is 2.09. The van der Waals surface area contributed by atoms with E-state index in [0.29, 0.717) is 0 Å². The Balaban J connectivity index is 3.08. The summed E-state index contributed by atoms with van der Waals surface area (Å²) in [5.41, 5.74) is 5.10. The van der Waals surface area contributed by atoms with Crippen LogP contribution in [0.1, 0.15) is 5.56 Å². The zero-order valence-corrected chi connectivity index (χ0v) is 7.48. The standard InChI is InChI=1S/C9H8ClF2N/c10-3-1-2-6-4-8(12)9(13)5-7(6)11/h1-2,4-5H,3,13H2. The number of nitrogens with two attached hydrogens (primary N) is 1. The molecule has 0 bridgehead atoms. The molecule has 0 aliphatic rings. The van der Waals surface area contributed by atoms with E-state index in [2.05, 4.69) is 0 Å². The van der Waals surface area contributed by atoms with Gasteiger partial charge >= 0.3 is 0 Å². The Kier molecular flexibility index (Phi) is 3.25. The fourth-order valence-electron chi connectivity index (χ4n) is 0.877. The van der Waals surface area contributed by atoms with E-state index in [1.54, 1.807) is 0 Å². The molecule has 13 heavy (non-hydrogen) atoms. The van der Waals surface area contributed by atoms with Crippen molar-refractivity contribution >= 4 is 23.4 Å². The van der Waals surface area contributed by atoms with E-state index in [0.717, 1.165) is 12.1 Å². The summed E-state index contributed by atoms with van der Waals surface area (Å²) < 4.78 is 25.8. The third-order valence-electron chi connectivity index (χ3n) is 1.50. The lowest BCUT2D eigenvalue weighted by molar-refractivity contribution is 0.602. The van der Waals surface area contributed by atoms with E-state index in [4.69, 9.17) is 17.3 Å². The molecular formula is C9H8ClF2N. The second-order valence-electron chi connectivity index (χ2n) is 2.45. The number of hydrogen-bond donors (Lipinski definition) is 1. The molecule has 0 amide bonds. The fraction of sp³-hybridized carbons (Fsp3) is 0.111. The Bertz CT molecular complexity index is 337. The molecule has 0 saturated heterocycles. The second kappa shape index (κ2) is 4.23. The Morgan fingerprint density at radius 2 is 2.00 bits per heavy atom. The van der Waals surface area contributed by atoms with Gasteiger partial charge in [-0.3, -0.25) is 0 Å². The maximum Gasteiger partial charge on any atom is 0.146 e. The van der Waals surface area contributed by atoms with Crippen molar-refractivity contribution in [3.63, 3.8) is 0 Å². The normalized spacial score (nSPS) is 11.0. The first kappa shape index (κ1) is 9.99. The van der Waals surface area contributed by atoms with Crippen LogP contribution in [0.5, 0.6) is 0 Å². The molecule has 4 heteroatoms. The monoisotopic (exact) mass is 203 g/mol. The van der Waals surface area contributed by atoms with Gasteiger partial charge in [-0.2, -0.15) is 0 Å². The number of hydrogen-bond acceptors (Lipinski definition) is 1. The maximum atomic E-state index is 13.0. The molecule has 1 nitrogen and oxygen atoms in total. The van der Waals surface area contributed by atoms with Crippen LogP contribution in [0.15, 0.2) is 18.2 Å². The number of alkyl halides is 1. The minimum Gasteiger partial charge on any atom is -0.396 e. The van der Waals surface area contributed by atoms with Crippen molar-refractivity contribution in [3.8, 4) is 0 Å². The van der Waals surface area contributed by atoms with Gasteiger partial charge < -0.3 is 5.73 Å². The Hall–Kier alpha value is -1.09. The highest BCUT2D eigenvalue weighted by Crippen LogP contribution is 2.17. The van der Waals surface area contributed by atoms with Crippen molar-refractivity contribution in [1.82, 2.24) is 0 Å². The number of benzene rings is 1. The van der Waals surface area contributed by atoms with E-state index in [-0.39, 0.29) is 17.1 Å². The van der Waals surface area contributed by atoms with E-state index >= 15 is 0 Å². The third kappa shape index (κ3) is 2.42. The van der Waals surface area contributed by atoms with Crippen molar-refractivity contribution in [2.75, 3.05) is 11.6 Å². The topological polar surface area (TPSA) is 26.0 Å². The molecule has 0 aromatic heterocycles. The van der Waals surface area contributed by atoms with Crippen LogP contribution >= 0.6 is 11.6 Å².